The summed E-state index contributed by atoms with van der Waals surface area (Å²) in [5, 5.41) is 0.842. The summed E-state index contributed by atoms with van der Waals surface area (Å²) < 4.78 is 18.9. The van der Waals surface area contributed by atoms with Crippen LogP contribution >= 0.6 is 0 Å². The van der Waals surface area contributed by atoms with Crippen LogP contribution in [0.4, 0.5) is 10.1 Å². The maximum atomic E-state index is 13.3. The molecule has 18 heavy (non-hydrogen) atoms. The molecule has 0 saturated heterocycles. The Morgan fingerprint density at radius 2 is 2.11 bits per heavy atom. The second kappa shape index (κ2) is 4.03. The molecule has 2 aromatic heterocycles. The average molecular weight is 243 g/mol. The minimum atomic E-state index is -0.494. The maximum Gasteiger partial charge on any atom is 0.149 e. The summed E-state index contributed by atoms with van der Waals surface area (Å²) in [5.41, 5.74) is 6.24. The van der Waals surface area contributed by atoms with Crippen molar-refractivity contribution in [2.45, 2.75) is 0 Å². The van der Waals surface area contributed by atoms with Crippen molar-refractivity contribution in [1.29, 1.82) is 0 Å². The lowest BCUT2D eigenvalue weighted by atomic mass is 10.3. The zero-order valence-electron chi connectivity index (χ0n) is 9.35. The van der Waals surface area contributed by atoms with E-state index in [-0.39, 0.29) is 5.69 Å². The summed E-state index contributed by atoms with van der Waals surface area (Å²) in [5.74, 6) is 0.521. The first kappa shape index (κ1) is 10.6. The molecule has 3 aromatic rings. The molecule has 0 aliphatic heterocycles. The predicted molar refractivity (Wildman–Crippen MR) is 67.0 cm³/mol. The van der Waals surface area contributed by atoms with Crippen molar-refractivity contribution in [2.24, 2.45) is 0 Å². The van der Waals surface area contributed by atoms with E-state index in [1.807, 2.05) is 6.07 Å². The number of hydrogen-bond acceptors (Lipinski definition) is 3. The summed E-state index contributed by atoms with van der Waals surface area (Å²) in [4.78, 5) is 7.13. The number of rotatable bonds is 2. The van der Waals surface area contributed by atoms with Gasteiger partial charge in [0.25, 0.3) is 0 Å². The van der Waals surface area contributed by atoms with Gasteiger partial charge < -0.3 is 15.5 Å². The molecule has 0 aliphatic rings. The van der Waals surface area contributed by atoms with E-state index in [0.29, 0.717) is 11.5 Å². The summed E-state index contributed by atoms with van der Waals surface area (Å²) >= 11 is 0. The number of H-pyrrole nitrogens is 1. The molecule has 2 heterocycles. The molecule has 0 radical (unpaired) electrons. The first-order chi connectivity index (χ1) is 8.74. The molecule has 0 fully saturated rings. The van der Waals surface area contributed by atoms with E-state index in [4.69, 9.17) is 10.5 Å². The Morgan fingerprint density at radius 3 is 2.94 bits per heavy atom. The van der Waals surface area contributed by atoms with Crippen LogP contribution in [0.1, 0.15) is 0 Å². The van der Waals surface area contributed by atoms with Crippen molar-refractivity contribution in [3.63, 3.8) is 0 Å². The minimum absolute atomic E-state index is 0.101. The van der Waals surface area contributed by atoms with E-state index in [0.717, 1.165) is 11.0 Å². The quantitative estimate of drug-likeness (QED) is 0.680. The molecule has 0 amide bonds. The van der Waals surface area contributed by atoms with Crippen molar-refractivity contribution >= 4 is 16.7 Å². The summed E-state index contributed by atoms with van der Waals surface area (Å²) in [7, 11) is 0. The van der Waals surface area contributed by atoms with Crippen molar-refractivity contribution < 1.29 is 9.13 Å². The number of fused-ring (bicyclic) bond motifs is 1. The van der Waals surface area contributed by atoms with Crippen LogP contribution in [0.2, 0.25) is 0 Å². The lowest BCUT2D eigenvalue weighted by Crippen LogP contribution is -1.92. The number of aromatic amines is 1. The van der Waals surface area contributed by atoms with Crippen molar-refractivity contribution in [3.05, 3.63) is 48.5 Å². The molecular formula is C13H10FN3O. The van der Waals surface area contributed by atoms with Crippen LogP contribution in [0.5, 0.6) is 11.5 Å². The van der Waals surface area contributed by atoms with Crippen molar-refractivity contribution in [3.8, 4) is 11.5 Å². The molecule has 0 atom stereocenters. The number of nitrogens with two attached hydrogens (primary N) is 1. The van der Waals surface area contributed by atoms with Gasteiger partial charge in [-0.3, -0.25) is 0 Å². The number of nitrogens with one attached hydrogen (secondary N) is 1. The van der Waals surface area contributed by atoms with E-state index in [1.165, 1.54) is 12.1 Å². The van der Waals surface area contributed by atoms with Crippen molar-refractivity contribution in [2.75, 3.05) is 5.73 Å². The summed E-state index contributed by atoms with van der Waals surface area (Å²) in [6, 6.07) is 7.93. The first-order valence-corrected chi connectivity index (χ1v) is 5.39. The number of aromatic nitrogens is 2. The number of halogens is 1. The number of nitrogens with zero attached hydrogens (tertiary/aromatic N) is 1. The number of anilines is 1. The van der Waals surface area contributed by atoms with E-state index < -0.39 is 5.82 Å². The number of benzene rings is 1. The molecule has 0 saturated carbocycles. The Hall–Kier alpha value is -2.56. The number of ether oxygens (including phenoxy) is 1. The third-order valence-corrected chi connectivity index (χ3v) is 2.62. The van der Waals surface area contributed by atoms with E-state index in [2.05, 4.69) is 9.97 Å². The van der Waals surface area contributed by atoms with Crippen LogP contribution in [-0.4, -0.2) is 9.97 Å². The number of hydrogen-bond donors (Lipinski definition) is 2. The lowest BCUT2D eigenvalue weighted by Gasteiger charge is -2.07. The monoisotopic (exact) mass is 243 g/mol. The molecule has 5 heteroatoms. The highest BCUT2D eigenvalue weighted by atomic mass is 19.1. The molecule has 0 bridgehead atoms. The molecule has 3 N–H and O–H groups in total. The van der Waals surface area contributed by atoms with Gasteiger partial charge in [-0.25, -0.2) is 9.37 Å². The largest absolute Gasteiger partial charge is 0.456 e. The van der Waals surface area contributed by atoms with E-state index in [9.17, 15) is 4.39 Å². The highest BCUT2D eigenvalue weighted by Gasteiger charge is 2.06. The van der Waals surface area contributed by atoms with Gasteiger partial charge in [-0.2, -0.15) is 0 Å². The van der Waals surface area contributed by atoms with Crippen LogP contribution < -0.4 is 10.5 Å². The maximum absolute atomic E-state index is 13.3. The van der Waals surface area contributed by atoms with Gasteiger partial charge in [0.05, 0.1) is 11.1 Å². The Morgan fingerprint density at radius 1 is 1.22 bits per heavy atom. The fourth-order valence-electron chi connectivity index (χ4n) is 1.72. The van der Waals surface area contributed by atoms with Crippen molar-refractivity contribution in [1.82, 2.24) is 9.97 Å². The van der Waals surface area contributed by atoms with Crippen LogP contribution in [0.15, 0.2) is 42.7 Å². The Kier molecular flexibility index (Phi) is 2.37. The Balaban J connectivity index is 2.01. The average Bonchev–Trinajstić information content (AvgIpc) is 2.83. The summed E-state index contributed by atoms with van der Waals surface area (Å²) in [6.45, 7) is 0. The van der Waals surface area contributed by atoms with Crippen LogP contribution in [0.25, 0.3) is 11.0 Å². The van der Waals surface area contributed by atoms with Gasteiger partial charge in [0, 0.05) is 18.5 Å². The third kappa shape index (κ3) is 1.75. The molecule has 90 valence electrons. The summed E-state index contributed by atoms with van der Waals surface area (Å²) in [6.07, 6.45) is 3.40. The molecule has 0 spiro atoms. The molecule has 3 rings (SSSR count). The van der Waals surface area contributed by atoms with Crippen LogP contribution in [-0.2, 0) is 0 Å². The molecule has 4 nitrogen and oxygen atoms in total. The molecular weight excluding hydrogens is 233 g/mol. The van der Waals surface area contributed by atoms with Crippen LogP contribution in [0.3, 0.4) is 0 Å². The van der Waals surface area contributed by atoms with Gasteiger partial charge in [0.15, 0.2) is 0 Å². The Labute approximate surface area is 102 Å². The SMILES string of the molecule is Nc1ccc(Oc2ccnc3[nH]ccc23)cc1F. The van der Waals surface area contributed by atoms with Gasteiger partial charge in [-0.1, -0.05) is 0 Å². The molecule has 1 aromatic carbocycles. The third-order valence-electron chi connectivity index (χ3n) is 2.62. The lowest BCUT2D eigenvalue weighted by molar-refractivity contribution is 0.482. The van der Waals surface area contributed by atoms with Gasteiger partial charge in [0.1, 0.15) is 23.0 Å². The van der Waals surface area contributed by atoms with E-state index in [1.54, 1.807) is 24.5 Å². The van der Waals surface area contributed by atoms with Gasteiger partial charge in [-0.15, -0.1) is 0 Å². The highest BCUT2D eigenvalue weighted by Crippen LogP contribution is 2.29. The first-order valence-electron chi connectivity index (χ1n) is 5.39. The number of pyridine rings is 1. The zero-order valence-corrected chi connectivity index (χ0v) is 9.35. The Bertz CT molecular complexity index is 708. The molecule has 0 aliphatic carbocycles. The standard InChI is InChI=1S/C13H10FN3O/c14-10-7-8(1-2-11(10)15)18-12-4-6-17-13-9(12)3-5-16-13/h1-7H,15H2,(H,16,17). The van der Waals surface area contributed by atoms with Gasteiger partial charge >= 0.3 is 0 Å². The van der Waals surface area contributed by atoms with Gasteiger partial charge in [-0.05, 0) is 24.3 Å². The normalized spacial score (nSPS) is 10.7. The second-order valence-corrected chi connectivity index (χ2v) is 3.83. The topological polar surface area (TPSA) is 63.9 Å². The smallest absolute Gasteiger partial charge is 0.149 e. The fourth-order valence-corrected chi connectivity index (χ4v) is 1.72. The van der Waals surface area contributed by atoms with E-state index >= 15 is 0 Å². The second-order valence-electron chi connectivity index (χ2n) is 3.83. The predicted octanol–water partition coefficient (Wildman–Crippen LogP) is 3.08. The van der Waals surface area contributed by atoms with Gasteiger partial charge in [0.2, 0.25) is 0 Å². The van der Waals surface area contributed by atoms with Crippen LogP contribution in [0, 0.1) is 5.82 Å². The highest BCUT2D eigenvalue weighted by molar-refractivity contribution is 5.82. The zero-order chi connectivity index (χ0) is 12.5. The fraction of sp³-hybridized carbons (Fsp3) is 0. The molecule has 0 unspecified atom stereocenters. The number of nitrogen functional groups attached to an aromatic ring is 1. The minimum Gasteiger partial charge on any atom is -0.456 e.